The molecule has 23 heavy (non-hydrogen) atoms. The van der Waals surface area contributed by atoms with E-state index in [0.717, 1.165) is 5.56 Å². The lowest BCUT2D eigenvalue weighted by atomic mass is 9.92. The van der Waals surface area contributed by atoms with Gasteiger partial charge in [-0.05, 0) is 25.5 Å². The van der Waals surface area contributed by atoms with E-state index in [1.165, 1.54) is 0 Å². The number of halogens is 1. The minimum Gasteiger partial charge on any atom is -0.395 e. The number of nitrogens with zero attached hydrogens (tertiary/aromatic N) is 2. The van der Waals surface area contributed by atoms with Gasteiger partial charge in [0.25, 0.3) is 0 Å². The summed E-state index contributed by atoms with van der Waals surface area (Å²) in [6, 6.07) is 7.00. The molecular weight excluding hydrogens is 316 g/mol. The highest BCUT2D eigenvalue weighted by Crippen LogP contribution is 2.41. The van der Waals surface area contributed by atoms with Crippen LogP contribution in [0.2, 0.25) is 5.02 Å². The fourth-order valence-electron chi connectivity index (χ4n) is 3.26. The smallest absolute Gasteiger partial charge is 0.228 e. The fourth-order valence-corrected chi connectivity index (χ4v) is 3.51. The molecule has 1 N–H and O–H groups in total. The number of benzene rings is 1. The average Bonchev–Trinajstić information content (AvgIpc) is 2.88. The monoisotopic (exact) mass is 338 g/mol. The van der Waals surface area contributed by atoms with E-state index >= 15 is 0 Å². The predicted molar refractivity (Wildman–Crippen MR) is 89.0 cm³/mol. The Kier molecular flexibility index (Phi) is 6.02. The standard InChI is InChI=1S/C17H23ClN2O3/c1-3-19(9-10-21)17(23)13-11-15(22)20(4-2)16(13)12-7-5-6-8-14(12)18/h5-8,13,16,21H,3-4,9-11H2,1-2H3/t13-,16+/m1/s1. The van der Waals surface area contributed by atoms with Gasteiger partial charge in [0.05, 0.1) is 18.6 Å². The van der Waals surface area contributed by atoms with Gasteiger partial charge in [0.2, 0.25) is 11.8 Å². The Balaban J connectivity index is 2.39. The molecule has 126 valence electrons. The van der Waals surface area contributed by atoms with Crippen molar-refractivity contribution in [2.24, 2.45) is 5.92 Å². The summed E-state index contributed by atoms with van der Waals surface area (Å²) in [6.07, 6.45) is 0.185. The zero-order valence-corrected chi connectivity index (χ0v) is 14.3. The zero-order valence-electron chi connectivity index (χ0n) is 13.5. The van der Waals surface area contributed by atoms with Crippen LogP contribution < -0.4 is 0 Å². The van der Waals surface area contributed by atoms with Crippen molar-refractivity contribution in [3.8, 4) is 0 Å². The SMILES string of the molecule is CCN(CCO)C(=O)[C@@H]1CC(=O)N(CC)[C@H]1c1ccccc1Cl. The van der Waals surface area contributed by atoms with E-state index in [9.17, 15) is 9.59 Å². The number of likely N-dealkylation sites (tertiary alicyclic amines) is 1. The van der Waals surface area contributed by atoms with Crippen molar-refractivity contribution in [1.82, 2.24) is 9.80 Å². The van der Waals surface area contributed by atoms with E-state index in [-0.39, 0.29) is 37.4 Å². The van der Waals surface area contributed by atoms with E-state index in [1.54, 1.807) is 15.9 Å². The van der Waals surface area contributed by atoms with Crippen LogP contribution in [-0.2, 0) is 9.59 Å². The molecule has 0 bridgehead atoms. The van der Waals surface area contributed by atoms with Gasteiger partial charge in [0, 0.05) is 31.1 Å². The summed E-state index contributed by atoms with van der Waals surface area (Å²) in [5.74, 6) is -0.597. The molecule has 6 heteroatoms. The minimum atomic E-state index is -0.464. The van der Waals surface area contributed by atoms with Crippen molar-refractivity contribution < 1.29 is 14.7 Å². The van der Waals surface area contributed by atoms with Crippen LogP contribution in [0.5, 0.6) is 0 Å². The molecule has 0 saturated carbocycles. The molecule has 0 aliphatic carbocycles. The van der Waals surface area contributed by atoms with E-state index in [1.807, 2.05) is 32.0 Å². The van der Waals surface area contributed by atoms with Gasteiger partial charge < -0.3 is 14.9 Å². The molecule has 1 saturated heterocycles. The number of hydrogen-bond acceptors (Lipinski definition) is 3. The van der Waals surface area contributed by atoms with Crippen molar-refractivity contribution in [2.75, 3.05) is 26.2 Å². The Morgan fingerprint density at radius 2 is 2.09 bits per heavy atom. The largest absolute Gasteiger partial charge is 0.395 e. The van der Waals surface area contributed by atoms with Crippen LogP contribution in [0.3, 0.4) is 0 Å². The number of amides is 2. The van der Waals surface area contributed by atoms with Crippen molar-refractivity contribution in [3.63, 3.8) is 0 Å². The minimum absolute atomic E-state index is 0.0316. The molecule has 5 nitrogen and oxygen atoms in total. The molecular formula is C17H23ClN2O3. The van der Waals surface area contributed by atoms with Crippen molar-refractivity contribution in [3.05, 3.63) is 34.9 Å². The summed E-state index contributed by atoms with van der Waals surface area (Å²) < 4.78 is 0. The van der Waals surface area contributed by atoms with Crippen molar-refractivity contribution >= 4 is 23.4 Å². The summed E-state index contributed by atoms with van der Waals surface area (Å²) in [5, 5.41) is 9.71. The highest BCUT2D eigenvalue weighted by Gasteiger charge is 2.45. The molecule has 0 unspecified atom stereocenters. The van der Waals surface area contributed by atoms with Gasteiger partial charge in [0.1, 0.15) is 0 Å². The van der Waals surface area contributed by atoms with Crippen molar-refractivity contribution in [2.45, 2.75) is 26.3 Å². The summed E-state index contributed by atoms with van der Waals surface area (Å²) in [6.45, 7) is 5.00. The molecule has 2 rings (SSSR count). The molecule has 1 heterocycles. The molecule has 1 fully saturated rings. The van der Waals surface area contributed by atoms with Crippen LogP contribution in [0.15, 0.2) is 24.3 Å². The molecule has 2 atom stereocenters. The number of carbonyl (C=O) groups is 2. The highest BCUT2D eigenvalue weighted by molar-refractivity contribution is 6.31. The Hall–Kier alpha value is -1.59. The number of aliphatic hydroxyl groups excluding tert-OH is 1. The second-order valence-corrected chi connectivity index (χ2v) is 6.01. The second-order valence-electron chi connectivity index (χ2n) is 5.60. The van der Waals surface area contributed by atoms with Gasteiger partial charge in [0.15, 0.2) is 0 Å². The Bertz CT molecular complexity index is 579. The molecule has 1 aromatic carbocycles. The first kappa shape index (κ1) is 17.8. The molecule has 1 aromatic rings. The maximum absolute atomic E-state index is 12.9. The van der Waals surface area contributed by atoms with Crippen LogP contribution in [0.25, 0.3) is 0 Å². The van der Waals surface area contributed by atoms with Crippen LogP contribution in [0, 0.1) is 5.92 Å². The predicted octanol–water partition coefficient (Wildman–Crippen LogP) is 2.09. The van der Waals surface area contributed by atoms with E-state index in [2.05, 4.69) is 0 Å². The number of likely N-dealkylation sites (N-methyl/N-ethyl adjacent to an activating group) is 1. The summed E-state index contributed by atoms with van der Waals surface area (Å²) in [5.41, 5.74) is 0.806. The lowest BCUT2D eigenvalue weighted by Crippen LogP contribution is -2.40. The van der Waals surface area contributed by atoms with Gasteiger partial charge in [-0.2, -0.15) is 0 Å². The van der Waals surface area contributed by atoms with Gasteiger partial charge in [-0.3, -0.25) is 9.59 Å². The molecule has 1 aliphatic heterocycles. The summed E-state index contributed by atoms with van der Waals surface area (Å²) >= 11 is 6.32. The van der Waals surface area contributed by atoms with Crippen LogP contribution in [-0.4, -0.2) is 53.0 Å². The zero-order chi connectivity index (χ0) is 17.0. The number of carbonyl (C=O) groups excluding carboxylic acids is 2. The highest BCUT2D eigenvalue weighted by atomic mass is 35.5. The number of hydrogen-bond donors (Lipinski definition) is 1. The first-order valence-electron chi connectivity index (χ1n) is 7.98. The Morgan fingerprint density at radius 1 is 1.39 bits per heavy atom. The Labute approximate surface area is 141 Å². The van der Waals surface area contributed by atoms with Gasteiger partial charge >= 0.3 is 0 Å². The average molecular weight is 339 g/mol. The van der Waals surface area contributed by atoms with Crippen LogP contribution in [0.1, 0.15) is 31.9 Å². The van der Waals surface area contributed by atoms with E-state index < -0.39 is 5.92 Å². The van der Waals surface area contributed by atoms with Crippen molar-refractivity contribution in [1.29, 1.82) is 0 Å². The van der Waals surface area contributed by atoms with Crippen LogP contribution in [0.4, 0.5) is 0 Å². The number of rotatable bonds is 6. The molecule has 2 amide bonds. The maximum Gasteiger partial charge on any atom is 0.228 e. The lowest BCUT2D eigenvalue weighted by Gasteiger charge is -2.30. The third-order valence-corrected chi connectivity index (χ3v) is 4.72. The third kappa shape index (κ3) is 3.51. The Morgan fingerprint density at radius 3 is 2.65 bits per heavy atom. The first-order valence-corrected chi connectivity index (χ1v) is 8.36. The quantitative estimate of drug-likeness (QED) is 0.864. The van der Waals surface area contributed by atoms with Gasteiger partial charge in [-0.25, -0.2) is 0 Å². The summed E-state index contributed by atoms with van der Waals surface area (Å²) in [4.78, 5) is 28.5. The molecule has 0 radical (unpaired) electrons. The summed E-state index contributed by atoms with van der Waals surface area (Å²) in [7, 11) is 0. The maximum atomic E-state index is 12.9. The normalized spacial score (nSPS) is 20.9. The van der Waals surface area contributed by atoms with Gasteiger partial charge in [-0.1, -0.05) is 29.8 Å². The molecule has 0 spiro atoms. The first-order chi connectivity index (χ1) is 11.0. The van der Waals surface area contributed by atoms with Crippen LogP contribution >= 0.6 is 11.6 Å². The van der Waals surface area contributed by atoms with E-state index in [0.29, 0.717) is 18.1 Å². The third-order valence-electron chi connectivity index (χ3n) is 4.38. The number of aliphatic hydroxyl groups is 1. The second kappa shape index (κ2) is 7.79. The molecule has 0 aromatic heterocycles. The topological polar surface area (TPSA) is 60.9 Å². The van der Waals surface area contributed by atoms with E-state index in [4.69, 9.17) is 16.7 Å². The van der Waals surface area contributed by atoms with Gasteiger partial charge in [-0.15, -0.1) is 0 Å². The molecule has 1 aliphatic rings. The lowest BCUT2D eigenvalue weighted by molar-refractivity contribution is -0.136. The fraction of sp³-hybridized carbons (Fsp3) is 0.529.